The van der Waals surface area contributed by atoms with E-state index < -0.39 is 5.60 Å². The first kappa shape index (κ1) is 18.5. The van der Waals surface area contributed by atoms with E-state index in [1.807, 2.05) is 25.7 Å². The molecule has 23 heavy (non-hydrogen) atoms. The van der Waals surface area contributed by atoms with Crippen molar-refractivity contribution in [3.8, 4) is 0 Å². The number of nitrogens with zero attached hydrogens (tertiary/aromatic N) is 2. The van der Waals surface area contributed by atoms with Crippen LogP contribution in [0.4, 0.5) is 4.79 Å². The van der Waals surface area contributed by atoms with Crippen LogP contribution in [0, 0.1) is 5.92 Å². The second-order valence-electron chi connectivity index (χ2n) is 8.66. The number of nitrogens with one attached hydrogen (secondary N) is 1. The number of likely N-dealkylation sites (tertiary alicyclic amines) is 2. The van der Waals surface area contributed by atoms with E-state index in [2.05, 4.69) is 24.2 Å². The zero-order valence-corrected chi connectivity index (χ0v) is 15.7. The van der Waals surface area contributed by atoms with Gasteiger partial charge in [-0.3, -0.25) is 0 Å². The molecule has 5 nitrogen and oxygen atoms in total. The third-order valence-electron chi connectivity index (χ3n) is 5.17. The maximum Gasteiger partial charge on any atom is 0.410 e. The van der Waals surface area contributed by atoms with E-state index in [0.717, 1.165) is 38.4 Å². The summed E-state index contributed by atoms with van der Waals surface area (Å²) in [7, 11) is 2.21. The van der Waals surface area contributed by atoms with Gasteiger partial charge in [-0.15, -0.1) is 0 Å². The molecule has 0 bridgehead atoms. The first-order valence-corrected chi connectivity index (χ1v) is 9.08. The molecule has 0 unspecified atom stereocenters. The topological polar surface area (TPSA) is 44.8 Å². The Labute approximate surface area is 141 Å². The maximum absolute atomic E-state index is 12.1. The van der Waals surface area contributed by atoms with Crippen molar-refractivity contribution in [3.05, 3.63) is 0 Å². The van der Waals surface area contributed by atoms with Crippen LogP contribution in [-0.2, 0) is 4.74 Å². The van der Waals surface area contributed by atoms with E-state index in [9.17, 15) is 4.79 Å². The fourth-order valence-electron chi connectivity index (χ4n) is 3.34. The Hall–Kier alpha value is -0.810. The minimum Gasteiger partial charge on any atom is -0.444 e. The summed E-state index contributed by atoms with van der Waals surface area (Å²) in [5.41, 5.74) is -0.258. The summed E-state index contributed by atoms with van der Waals surface area (Å²) in [4.78, 5) is 16.4. The average Bonchev–Trinajstić information content (AvgIpc) is 2.46. The van der Waals surface area contributed by atoms with Crippen LogP contribution in [0.5, 0.6) is 0 Å². The van der Waals surface area contributed by atoms with Gasteiger partial charge in [0.25, 0.3) is 0 Å². The van der Waals surface area contributed by atoms with Crippen molar-refractivity contribution in [3.63, 3.8) is 0 Å². The molecule has 2 aliphatic rings. The van der Waals surface area contributed by atoms with E-state index in [-0.39, 0.29) is 11.6 Å². The Kier molecular flexibility index (Phi) is 5.95. The fraction of sp³-hybridized carbons (Fsp3) is 0.944. The van der Waals surface area contributed by atoms with E-state index in [4.69, 9.17) is 4.74 Å². The van der Waals surface area contributed by atoms with E-state index in [1.165, 1.54) is 25.9 Å². The highest BCUT2D eigenvalue weighted by molar-refractivity contribution is 5.68. The van der Waals surface area contributed by atoms with Crippen LogP contribution < -0.4 is 5.32 Å². The van der Waals surface area contributed by atoms with Gasteiger partial charge in [-0.2, -0.15) is 0 Å². The van der Waals surface area contributed by atoms with Crippen molar-refractivity contribution in [1.82, 2.24) is 15.1 Å². The maximum atomic E-state index is 12.1. The van der Waals surface area contributed by atoms with Gasteiger partial charge < -0.3 is 19.9 Å². The summed E-state index contributed by atoms with van der Waals surface area (Å²) in [6.07, 6.45) is 4.42. The van der Waals surface area contributed by atoms with Crippen molar-refractivity contribution in [2.75, 3.05) is 39.8 Å². The summed E-state index contributed by atoms with van der Waals surface area (Å²) >= 11 is 0. The second-order valence-corrected chi connectivity index (χ2v) is 8.66. The second kappa shape index (κ2) is 7.39. The van der Waals surface area contributed by atoms with Gasteiger partial charge in [-0.05, 0) is 86.0 Å². The molecule has 2 saturated heterocycles. The lowest BCUT2D eigenvalue weighted by Gasteiger charge is -2.41. The van der Waals surface area contributed by atoms with E-state index >= 15 is 0 Å². The Morgan fingerprint density at radius 3 is 2.26 bits per heavy atom. The van der Waals surface area contributed by atoms with Crippen LogP contribution in [0.25, 0.3) is 0 Å². The van der Waals surface area contributed by atoms with Crippen LogP contribution in [0.15, 0.2) is 0 Å². The first-order valence-electron chi connectivity index (χ1n) is 9.08. The Balaban J connectivity index is 1.73. The predicted molar refractivity (Wildman–Crippen MR) is 93.7 cm³/mol. The molecule has 2 heterocycles. The van der Waals surface area contributed by atoms with Gasteiger partial charge in [0, 0.05) is 18.6 Å². The molecule has 0 aromatic rings. The molecule has 0 radical (unpaired) electrons. The van der Waals surface area contributed by atoms with E-state index in [0.29, 0.717) is 0 Å². The molecule has 2 aliphatic heterocycles. The average molecular weight is 325 g/mol. The fourth-order valence-corrected chi connectivity index (χ4v) is 3.34. The van der Waals surface area contributed by atoms with Gasteiger partial charge >= 0.3 is 6.09 Å². The van der Waals surface area contributed by atoms with E-state index in [1.54, 1.807) is 0 Å². The molecule has 5 heteroatoms. The quantitative estimate of drug-likeness (QED) is 0.866. The smallest absolute Gasteiger partial charge is 0.410 e. The Morgan fingerprint density at radius 2 is 1.74 bits per heavy atom. The summed E-state index contributed by atoms with van der Waals surface area (Å²) in [5, 5.41) is 3.79. The molecule has 1 amide bonds. The van der Waals surface area contributed by atoms with Crippen LogP contribution in [0.1, 0.15) is 53.4 Å². The minimum atomic E-state index is -0.412. The number of hydrogen-bond acceptors (Lipinski definition) is 4. The van der Waals surface area contributed by atoms with Crippen molar-refractivity contribution >= 4 is 6.09 Å². The number of carbonyl (C=O) groups is 1. The number of ether oxygens (including phenoxy) is 1. The molecule has 0 spiro atoms. The third-order valence-corrected chi connectivity index (χ3v) is 5.17. The number of piperidine rings is 2. The minimum absolute atomic E-state index is 0.155. The van der Waals surface area contributed by atoms with Gasteiger partial charge in [-0.1, -0.05) is 0 Å². The molecule has 134 valence electrons. The van der Waals surface area contributed by atoms with Crippen LogP contribution >= 0.6 is 0 Å². The number of hydrogen-bond donors (Lipinski definition) is 1. The zero-order chi connectivity index (χ0) is 17.1. The number of rotatable bonds is 3. The van der Waals surface area contributed by atoms with Crippen LogP contribution in [0.3, 0.4) is 0 Å². The summed E-state index contributed by atoms with van der Waals surface area (Å²) in [5.74, 6) is 0.798. The van der Waals surface area contributed by atoms with Crippen LogP contribution in [0.2, 0.25) is 0 Å². The van der Waals surface area contributed by atoms with Crippen LogP contribution in [-0.4, -0.2) is 66.8 Å². The Bertz CT molecular complexity index is 390. The molecule has 0 saturated carbocycles. The SMILES string of the molecule is CN1CCC(CNC2(C)CCN(C(=O)OC(C)(C)C)CC2)CC1. The number of amides is 1. The molecule has 2 rings (SSSR count). The first-order chi connectivity index (χ1) is 10.7. The lowest BCUT2D eigenvalue weighted by atomic mass is 9.88. The highest BCUT2D eigenvalue weighted by Gasteiger charge is 2.33. The molecule has 0 aliphatic carbocycles. The summed E-state index contributed by atoms with van der Waals surface area (Å²) in [6, 6.07) is 0. The molecule has 2 fully saturated rings. The standard InChI is InChI=1S/C18H35N3O2/c1-17(2,3)23-16(22)21-12-8-18(4,9-13-21)19-14-15-6-10-20(5)11-7-15/h15,19H,6-14H2,1-5H3. The molecule has 0 aromatic heterocycles. The van der Waals surface area contributed by atoms with Crippen molar-refractivity contribution in [2.45, 2.75) is 64.5 Å². The van der Waals surface area contributed by atoms with Crippen molar-refractivity contribution in [1.29, 1.82) is 0 Å². The normalized spacial score (nSPS) is 23.8. The third kappa shape index (κ3) is 5.96. The molecule has 0 atom stereocenters. The zero-order valence-electron chi connectivity index (χ0n) is 15.7. The summed E-state index contributed by atoms with van der Waals surface area (Å²) < 4.78 is 5.47. The highest BCUT2D eigenvalue weighted by atomic mass is 16.6. The van der Waals surface area contributed by atoms with Gasteiger partial charge in [0.05, 0.1) is 0 Å². The monoisotopic (exact) mass is 325 g/mol. The highest BCUT2D eigenvalue weighted by Crippen LogP contribution is 2.24. The number of carbonyl (C=O) groups excluding carboxylic acids is 1. The van der Waals surface area contributed by atoms with Gasteiger partial charge in [-0.25, -0.2) is 4.79 Å². The molecular formula is C18H35N3O2. The predicted octanol–water partition coefficient (Wildman–Crippen LogP) is 2.71. The molecular weight excluding hydrogens is 290 g/mol. The lowest BCUT2D eigenvalue weighted by molar-refractivity contribution is 0.0154. The van der Waals surface area contributed by atoms with Gasteiger partial charge in [0.1, 0.15) is 5.60 Å². The summed E-state index contributed by atoms with van der Waals surface area (Å²) in [6.45, 7) is 13.2. The molecule has 0 aromatic carbocycles. The largest absolute Gasteiger partial charge is 0.444 e. The van der Waals surface area contributed by atoms with Gasteiger partial charge in [0.15, 0.2) is 0 Å². The Morgan fingerprint density at radius 1 is 1.17 bits per heavy atom. The van der Waals surface area contributed by atoms with Crippen molar-refractivity contribution < 1.29 is 9.53 Å². The van der Waals surface area contributed by atoms with Gasteiger partial charge in [0.2, 0.25) is 0 Å². The molecule has 1 N–H and O–H groups in total. The lowest BCUT2D eigenvalue weighted by Crippen LogP contribution is -2.54. The van der Waals surface area contributed by atoms with Crippen molar-refractivity contribution in [2.24, 2.45) is 5.92 Å².